The van der Waals surface area contributed by atoms with Gasteiger partial charge in [-0.2, -0.15) is 25.3 Å². The van der Waals surface area contributed by atoms with Crippen molar-refractivity contribution in [3.8, 4) is 11.8 Å². The normalized spacial score (nSPS) is 16.8. The van der Waals surface area contributed by atoms with Crippen LogP contribution in [0.1, 0.15) is 48.8 Å². The monoisotopic (exact) mass is 634 g/mol. The van der Waals surface area contributed by atoms with E-state index in [4.69, 9.17) is 5.73 Å². The molecule has 0 spiro atoms. The second kappa shape index (κ2) is 16.2. The molecule has 0 bridgehead atoms. The van der Waals surface area contributed by atoms with E-state index in [9.17, 15) is 13.2 Å². The summed E-state index contributed by atoms with van der Waals surface area (Å²) < 4.78 is 39.0. The topological polar surface area (TPSA) is 36.9 Å². The van der Waals surface area contributed by atoms with Gasteiger partial charge in [-0.05, 0) is 86.7 Å². The zero-order valence-electron chi connectivity index (χ0n) is 25.1. The van der Waals surface area contributed by atoms with Crippen LogP contribution in [0.3, 0.4) is 0 Å². The molecule has 43 heavy (non-hydrogen) atoms. The number of pyridine rings is 1. The quantitative estimate of drug-likeness (QED) is 0.111. The predicted octanol–water partition coefficient (Wildman–Crippen LogP) is 3.46. The van der Waals surface area contributed by atoms with E-state index in [2.05, 4.69) is 52.5 Å². The Labute approximate surface area is 281 Å². The Morgan fingerprint density at radius 3 is 2.53 bits per heavy atom. The minimum Gasteiger partial charge on any atom is -0.375 e. The van der Waals surface area contributed by atoms with Gasteiger partial charge in [-0.1, -0.05) is 56.5 Å². The summed E-state index contributed by atoms with van der Waals surface area (Å²) in [6.45, 7) is 10.9. The minimum absolute atomic E-state index is 0. The van der Waals surface area contributed by atoms with Crippen molar-refractivity contribution in [1.29, 1.82) is 0 Å². The molecule has 3 aliphatic rings. The minimum atomic E-state index is -4.36. The van der Waals surface area contributed by atoms with E-state index in [1.165, 1.54) is 93.7 Å². The number of hydrogen-bond donors (Lipinski definition) is 1. The van der Waals surface area contributed by atoms with E-state index in [0.717, 1.165) is 0 Å². The van der Waals surface area contributed by atoms with E-state index >= 15 is 0 Å². The molecule has 2 aromatic heterocycles. The first-order valence-corrected chi connectivity index (χ1v) is 17.3. The number of alkyl halides is 3. The van der Waals surface area contributed by atoms with Crippen LogP contribution in [0, 0.1) is 17.9 Å². The van der Waals surface area contributed by atoms with Crippen molar-refractivity contribution in [2.45, 2.75) is 49.1 Å². The number of benzene rings is 1. The van der Waals surface area contributed by atoms with Gasteiger partial charge in [-0.15, -0.1) is 12.1 Å². The van der Waals surface area contributed by atoms with Gasteiger partial charge in [0.25, 0.3) is 0 Å². The number of rotatable bonds is 7. The van der Waals surface area contributed by atoms with Gasteiger partial charge in [0.05, 0.1) is 11.6 Å². The molecular formula is C33H39F3N4NaPS. The number of nitrogens with zero attached hydrogens (tertiary/aromatic N) is 3. The molecule has 0 amide bonds. The summed E-state index contributed by atoms with van der Waals surface area (Å²) in [6.07, 6.45) is 12.2. The maximum Gasteiger partial charge on any atom is 1.00 e. The molecule has 4 heterocycles. The predicted molar refractivity (Wildman–Crippen MR) is 170 cm³/mol. The molecule has 1 aromatic carbocycles. The maximum absolute atomic E-state index is 12.5. The van der Waals surface area contributed by atoms with Crippen LogP contribution in [-0.4, -0.2) is 71.3 Å². The maximum atomic E-state index is 12.5. The van der Waals surface area contributed by atoms with Gasteiger partial charge in [0.2, 0.25) is 0 Å². The molecule has 0 atom stereocenters. The molecule has 224 valence electrons. The fourth-order valence-corrected chi connectivity index (χ4v) is 8.71. The first-order valence-electron chi connectivity index (χ1n) is 14.8. The van der Waals surface area contributed by atoms with E-state index < -0.39 is 5.51 Å². The molecule has 10 heteroatoms. The Bertz CT molecular complexity index is 1430. The number of halogens is 3. The fourth-order valence-electron chi connectivity index (χ4n) is 5.69. The first kappa shape index (κ1) is 34.4. The van der Waals surface area contributed by atoms with E-state index in [1.807, 2.05) is 0 Å². The second-order valence-electron chi connectivity index (χ2n) is 11.0. The van der Waals surface area contributed by atoms with Crippen LogP contribution in [0.2, 0.25) is 0 Å². The summed E-state index contributed by atoms with van der Waals surface area (Å²) in [5, 5.41) is 1.69. The molecule has 4 nitrogen and oxygen atoms in total. The molecule has 6 rings (SSSR count). The van der Waals surface area contributed by atoms with E-state index in [1.54, 1.807) is 40.8 Å². The van der Waals surface area contributed by atoms with Crippen LogP contribution in [0.25, 0.3) is 5.52 Å². The van der Waals surface area contributed by atoms with Crippen molar-refractivity contribution in [1.82, 2.24) is 14.2 Å². The molecule has 1 aliphatic carbocycles. The van der Waals surface area contributed by atoms with Crippen molar-refractivity contribution in [2.75, 3.05) is 51.6 Å². The van der Waals surface area contributed by atoms with E-state index in [-0.39, 0.29) is 60.8 Å². The number of thioether (sulfide) groups is 1. The number of aromatic nitrogens is 1. The van der Waals surface area contributed by atoms with Crippen LogP contribution in [0.4, 0.5) is 13.2 Å². The van der Waals surface area contributed by atoms with Gasteiger partial charge in [0.1, 0.15) is 0 Å². The number of nitrogens with two attached hydrogens (primary N) is 1. The smallest absolute Gasteiger partial charge is 0.375 e. The third-order valence-electron chi connectivity index (χ3n) is 8.02. The summed E-state index contributed by atoms with van der Waals surface area (Å²) in [5.74, 6) is 5.21. The summed E-state index contributed by atoms with van der Waals surface area (Å²) >= 11 is -0.186. The Balaban J connectivity index is 0.000000201. The number of likely N-dealkylation sites (tertiary alicyclic amines) is 1. The van der Waals surface area contributed by atoms with Gasteiger partial charge in [-0.3, -0.25) is 0 Å². The Hall–Kier alpha value is -1.43. The van der Waals surface area contributed by atoms with Gasteiger partial charge >= 0.3 is 35.1 Å². The summed E-state index contributed by atoms with van der Waals surface area (Å²) in [6, 6.07) is 14.9. The molecule has 2 aliphatic heterocycles. The molecule has 0 unspecified atom stereocenters. The van der Waals surface area contributed by atoms with Gasteiger partial charge < -0.3 is 19.9 Å². The number of hydrogen-bond acceptors (Lipinski definition) is 4. The Morgan fingerprint density at radius 2 is 1.84 bits per heavy atom. The van der Waals surface area contributed by atoms with Crippen molar-refractivity contribution in [2.24, 2.45) is 5.73 Å². The summed E-state index contributed by atoms with van der Waals surface area (Å²) in [5.41, 5.74) is 6.31. The van der Waals surface area contributed by atoms with Crippen molar-refractivity contribution >= 4 is 30.5 Å². The average Bonchev–Trinajstić information content (AvgIpc) is 3.70. The molecule has 0 saturated carbocycles. The van der Waals surface area contributed by atoms with Crippen LogP contribution in [-0.2, 0) is 6.42 Å². The van der Waals surface area contributed by atoms with E-state index in [0.29, 0.717) is 11.1 Å². The molecular weight excluding hydrogens is 595 g/mol. The number of fused-ring (bicyclic) bond motifs is 2. The van der Waals surface area contributed by atoms with Crippen molar-refractivity contribution in [3.05, 3.63) is 77.6 Å². The SMILES string of the molecule is C=C(CCCN1CCCCC1)N1CCP(c2ccc3c(c2)C3)CC1.NCC#Cc1cc2[c-]cccn2c1SC(F)(F)F.[Na+]. The zero-order valence-corrected chi connectivity index (χ0v) is 28.8. The molecule has 2 saturated heterocycles. The van der Waals surface area contributed by atoms with Gasteiger partial charge in [0.15, 0.2) is 0 Å². The first-order chi connectivity index (χ1) is 20.3. The van der Waals surface area contributed by atoms with Gasteiger partial charge in [-0.25, -0.2) is 0 Å². The Morgan fingerprint density at radius 1 is 1.07 bits per heavy atom. The standard InChI is InChI=1S/C21H31N2P.C12H8F3N2S.Na/c1-18(6-5-11-22-9-3-2-4-10-22)23-12-14-24(15-13-23)21-8-7-19-16-20(19)17-21;13-12(14,15)18-11-9(4-3-6-16)8-10-5-1-2-7-17(10)11;/h7-8,17H,1-6,9-16H2;1-2,7-8H,6,16H2;/q;-1;+1. The fraction of sp³-hybridized carbons (Fsp3) is 0.455. The number of allylic oxidation sites excluding steroid dienone is 1. The molecule has 2 N–H and O–H groups in total. The number of piperidine rings is 1. The van der Waals surface area contributed by atoms with Crippen LogP contribution in [0.5, 0.6) is 0 Å². The molecule has 3 aromatic rings. The third kappa shape index (κ3) is 10.0. The third-order valence-corrected chi connectivity index (χ3v) is 11.3. The van der Waals surface area contributed by atoms with Gasteiger partial charge in [0, 0.05) is 36.1 Å². The van der Waals surface area contributed by atoms with Crippen molar-refractivity contribution < 1.29 is 42.7 Å². The average molecular weight is 635 g/mol. The van der Waals surface area contributed by atoms with Crippen LogP contribution in [0.15, 0.2) is 59.9 Å². The van der Waals surface area contributed by atoms with Crippen LogP contribution >= 0.6 is 19.7 Å². The summed E-state index contributed by atoms with van der Waals surface area (Å²) in [7, 11) is 0.0847. The molecule has 2 fully saturated rings. The second-order valence-corrected chi connectivity index (χ2v) is 14.5. The summed E-state index contributed by atoms with van der Waals surface area (Å²) in [4.78, 5) is 5.22. The van der Waals surface area contributed by atoms with Crippen LogP contribution < -0.4 is 40.6 Å². The zero-order chi connectivity index (χ0) is 29.5. The Kier molecular flexibility index (Phi) is 13.0. The molecule has 0 radical (unpaired) electrons. The van der Waals surface area contributed by atoms with Crippen molar-refractivity contribution in [3.63, 3.8) is 0 Å². The largest absolute Gasteiger partial charge is 1.00 e.